The molecule has 1 atom stereocenters. The lowest BCUT2D eigenvalue weighted by Gasteiger charge is -2.20. The predicted octanol–water partition coefficient (Wildman–Crippen LogP) is 5.15. The lowest BCUT2D eigenvalue weighted by Crippen LogP contribution is -2.33. The summed E-state index contributed by atoms with van der Waals surface area (Å²) in [5.41, 5.74) is 5.53. The van der Waals surface area contributed by atoms with E-state index in [4.69, 9.17) is 0 Å². The summed E-state index contributed by atoms with van der Waals surface area (Å²) in [6.45, 7) is 8.93. The van der Waals surface area contributed by atoms with Crippen LogP contribution >= 0.6 is 0 Å². The fraction of sp³-hybridized carbons (Fsp3) is 0.214. The first kappa shape index (κ1) is 23.9. The number of hydrogen-bond acceptors (Lipinski definition) is 4. The Labute approximate surface area is 203 Å². The summed E-state index contributed by atoms with van der Waals surface area (Å²) in [7, 11) is 0. The fourth-order valence-electron chi connectivity index (χ4n) is 4.18. The third kappa shape index (κ3) is 4.84. The number of carbonyl (C=O) groups excluding carboxylic acids is 2. The van der Waals surface area contributed by atoms with Gasteiger partial charge in [0.2, 0.25) is 11.8 Å². The maximum absolute atomic E-state index is 13.9. The van der Waals surface area contributed by atoms with Crippen LogP contribution in [-0.2, 0) is 9.59 Å². The van der Waals surface area contributed by atoms with Crippen molar-refractivity contribution in [1.82, 2.24) is 9.55 Å². The van der Waals surface area contributed by atoms with Gasteiger partial charge in [-0.05, 0) is 63.6 Å². The number of nitrogens with zero attached hydrogens (tertiary/aromatic N) is 2. The highest BCUT2D eigenvalue weighted by Gasteiger charge is 2.23. The molecule has 7 heteroatoms. The standard InChI is InChI=1S/C28H28N4O3/c1-16-10-12-22(18(3)14-16)31-27(34)19(4)32-25-9-7-6-8-24(25)30-26(28(32)35)21-15-17(2)11-13-23(21)29-20(5)33/h6-15,19H,1-5H3,(H,29,33)(H,31,34). The molecule has 0 aliphatic carbocycles. The fourth-order valence-corrected chi connectivity index (χ4v) is 4.18. The Morgan fingerprint density at radius 2 is 1.54 bits per heavy atom. The van der Waals surface area contributed by atoms with Crippen LogP contribution in [0.5, 0.6) is 0 Å². The summed E-state index contributed by atoms with van der Waals surface area (Å²) >= 11 is 0. The number of carbonyl (C=O) groups is 2. The van der Waals surface area contributed by atoms with E-state index in [1.165, 1.54) is 11.5 Å². The van der Waals surface area contributed by atoms with Gasteiger partial charge in [0, 0.05) is 18.2 Å². The zero-order chi connectivity index (χ0) is 25.3. The lowest BCUT2D eigenvalue weighted by molar-refractivity contribution is -0.118. The van der Waals surface area contributed by atoms with Crippen LogP contribution in [0.3, 0.4) is 0 Å². The molecule has 1 heterocycles. The molecule has 0 aliphatic heterocycles. The number of aryl methyl sites for hydroxylation is 3. The highest BCUT2D eigenvalue weighted by molar-refractivity contribution is 5.96. The molecule has 0 saturated heterocycles. The average Bonchev–Trinajstić information content (AvgIpc) is 2.81. The molecule has 7 nitrogen and oxygen atoms in total. The first-order valence-electron chi connectivity index (χ1n) is 11.4. The summed E-state index contributed by atoms with van der Waals surface area (Å²) in [5.74, 6) is -0.565. The summed E-state index contributed by atoms with van der Waals surface area (Å²) < 4.78 is 1.47. The number of benzene rings is 3. The van der Waals surface area contributed by atoms with E-state index in [1.807, 2.05) is 63.2 Å². The van der Waals surface area contributed by atoms with Crippen molar-refractivity contribution >= 4 is 34.2 Å². The van der Waals surface area contributed by atoms with Crippen LogP contribution in [0.15, 0.2) is 65.5 Å². The molecule has 178 valence electrons. The second-order valence-corrected chi connectivity index (χ2v) is 8.84. The van der Waals surface area contributed by atoms with E-state index in [2.05, 4.69) is 15.6 Å². The molecule has 4 rings (SSSR count). The third-order valence-electron chi connectivity index (χ3n) is 5.94. The summed E-state index contributed by atoms with van der Waals surface area (Å²) in [5, 5.41) is 5.74. The molecular formula is C28H28N4O3. The van der Waals surface area contributed by atoms with Gasteiger partial charge in [0.25, 0.3) is 5.56 Å². The van der Waals surface area contributed by atoms with Gasteiger partial charge >= 0.3 is 0 Å². The first-order chi connectivity index (χ1) is 16.7. The Hall–Kier alpha value is -4.26. The molecule has 2 N–H and O–H groups in total. The summed E-state index contributed by atoms with van der Waals surface area (Å²) in [6, 6.07) is 17.6. The Kier molecular flexibility index (Phi) is 6.51. The van der Waals surface area contributed by atoms with Gasteiger partial charge in [-0.15, -0.1) is 0 Å². The van der Waals surface area contributed by atoms with Crippen LogP contribution in [0, 0.1) is 20.8 Å². The minimum Gasteiger partial charge on any atom is -0.326 e. The Morgan fingerprint density at radius 1 is 0.886 bits per heavy atom. The number of nitrogens with one attached hydrogen (secondary N) is 2. The number of hydrogen-bond donors (Lipinski definition) is 2. The van der Waals surface area contributed by atoms with Crippen LogP contribution in [0.2, 0.25) is 0 Å². The number of anilines is 2. The molecule has 0 aliphatic rings. The van der Waals surface area contributed by atoms with E-state index in [0.717, 1.165) is 16.7 Å². The van der Waals surface area contributed by atoms with E-state index in [0.29, 0.717) is 28.0 Å². The van der Waals surface area contributed by atoms with Crippen LogP contribution in [0.4, 0.5) is 11.4 Å². The van der Waals surface area contributed by atoms with Crippen molar-refractivity contribution < 1.29 is 9.59 Å². The van der Waals surface area contributed by atoms with Gasteiger partial charge < -0.3 is 10.6 Å². The average molecular weight is 469 g/mol. The van der Waals surface area contributed by atoms with Gasteiger partial charge in [-0.2, -0.15) is 0 Å². The Balaban J connectivity index is 1.87. The van der Waals surface area contributed by atoms with E-state index >= 15 is 0 Å². The molecule has 1 aromatic heterocycles. The molecule has 0 bridgehead atoms. The minimum atomic E-state index is -0.816. The maximum Gasteiger partial charge on any atom is 0.278 e. The molecule has 35 heavy (non-hydrogen) atoms. The first-order valence-corrected chi connectivity index (χ1v) is 11.4. The number of rotatable bonds is 5. The number of fused-ring (bicyclic) bond motifs is 1. The van der Waals surface area contributed by atoms with Gasteiger partial charge in [-0.25, -0.2) is 4.98 Å². The number of amides is 2. The van der Waals surface area contributed by atoms with Crippen molar-refractivity contribution in [3.05, 3.63) is 87.7 Å². The highest BCUT2D eigenvalue weighted by atomic mass is 16.2. The van der Waals surface area contributed by atoms with Gasteiger partial charge in [0.15, 0.2) is 0 Å². The second kappa shape index (κ2) is 9.54. The molecule has 0 spiro atoms. The van der Waals surface area contributed by atoms with Gasteiger partial charge in [0.05, 0.1) is 16.7 Å². The predicted molar refractivity (Wildman–Crippen MR) is 140 cm³/mol. The van der Waals surface area contributed by atoms with Crippen LogP contribution < -0.4 is 16.2 Å². The van der Waals surface area contributed by atoms with Crippen molar-refractivity contribution in [2.45, 2.75) is 40.7 Å². The van der Waals surface area contributed by atoms with E-state index in [9.17, 15) is 14.4 Å². The van der Waals surface area contributed by atoms with E-state index < -0.39 is 11.6 Å². The van der Waals surface area contributed by atoms with Crippen molar-refractivity contribution in [3.63, 3.8) is 0 Å². The molecule has 0 saturated carbocycles. The topological polar surface area (TPSA) is 93.1 Å². The molecule has 2 amide bonds. The molecular weight excluding hydrogens is 440 g/mol. The SMILES string of the molecule is CC(=O)Nc1ccc(C)cc1-c1nc2ccccc2n(C(C)C(=O)Nc2ccc(C)cc2C)c1=O. The lowest BCUT2D eigenvalue weighted by atomic mass is 10.1. The minimum absolute atomic E-state index is 0.169. The Bertz CT molecular complexity index is 1520. The molecule has 0 fully saturated rings. The summed E-state index contributed by atoms with van der Waals surface area (Å²) in [6.07, 6.45) is 0. The maximum atomic E-state index is 13.9. The third-order valence-corrected chi connectivity index (χ3v) is 5.94. The summed E-state index contributed by atoms with van der Waals surface area (Å²) in [4.78, 5) is 43.6. The normalized spacial score (nSPS) is 11.8. The quantitative estimate of drug-likeness (QED) is 0.424. The molecule has 0 radical (unpaired) electrons. The highest BCUT2D eigenvalue weighted by Crippen LogP contribution is 2.28. The zero-order valence-electron chi connectivity index (χ0n) is 20.5. The van der Waals surface area contributed by atoms with E-state index in [1.54, 1.807) is 25.1 Å². The monoisotopic (exact) mass is 468 g/mol. The van der Waals surface area contributed by atoms with Gasteiger partial charge in [0.1, 0.15) is 11.7 Å². The largest absolute Gasteiger partial charge is 0.326 e. The number of para-hydroxylation sites is 2. The van der Waals surface area contributed by atoms with Crippen molar-refractivity contribution in [1.29, 1.82) is 0 Å². The molecule has 1 unspecified atom stereocenters. The molecule has 4 aromatic rings. The molecule has 3 aromatic carbocycles. The zero-order valence-corrected chi connectivity index (χ0v) is 20.5. The van der Waals surface area contributed by atoms with Crippen LogP contribution in [0.1, 0.15) is 36.6 Å². The smallest absolute Gasteiger partial charge is 0.278 e. The van der Waals surface area contributed by atoms with Crippen molar-refractivity contribution in [2.75, 3.05) is 10.6 Å². The van der Waals surface area contributed by atoms with Crippen LogP contribution in [-0.4, -0.2) is 21.4 Å². The Morgan fingerprint density at radius 3 is 2.23 bits per heavy atom. The van der Waals surface area contributed by atoms with Crippen LogP contribution in [0.25, 0.3) is 22.3 Å². The second-order valence-electron chi connectivity index (χ2n) is 8.84. The van der Waals surface area contributed by atoms with Gasteiger partial charge in [-0.3, -0.25) is 19.0 Å². The van der Waals surface area contributed by atoms with E-state index in [-0.39, 0.29) is 17.5 Å². The van der Waals surface area contributed by atoms with Crippen molar-refractivity contribution in [3.8, 4) is 11.3 Å². The van der Waals surface area contributed by atoms with Crippen molar-refractivity contribution in [2.24, 2.45) is 0 Å². The number of aromatic nitrogens is 2. The van der Waals surface area contributed by atoms with Gasteiger partial charge in [-0.1, -0.05) is 41.5 Å².